The average Bonchev–Trinajstić information content (AvgIpc) is 2.85. The minimum atomic E-state index is -2.93. The van der Waals surface area contributed by atoms with Gasteiger partial charge in [0.2, 0.25) is 5.95 Å². The van der Waals surface area contributed by atoms with Gasteiger partial charge < -0.3 is 10.2 Å². The molecule has 1 unspecified atom stereocenters. The first kappa shape index (κ1) is 17.7. The van der Waals surface area contributed by atoms with E-state index < -0.39 is 9.84 Å². The molecule has 1 N–H and O–H groups in total. The van der Waals surface area contributed by atoms with E-state index in [9.17, 15) is 8.42 Å². The molecule has 0 radical (unpaired) electrons. The monoisotopic (exact) mass is 360 g/mol. The van der Waals surface area contributed by atoms with Gasteiger partial charge in [0.1, 0.15) is 5.82 Å². The molecule has 1 aromatic heterocycles. The molecule has 0 saturated carbocycles. The van der Waals surface area contributed by atoms with Crippen molar-refractivity contribution in [1.82, 2.24) is 9.97 Å². The molecule has 0 amide bonds. The van der Waals surface area contributed by atoms with Crippen LogP contribution in [0.2, 0.25) is 0 Å². The van der Waals surface area contributed by atoms with E-state index in [-0.39, 0.29) is 17.5 Å². The van der Waals surface area contributed by atoms with Gasteiger partial charge in [-0.25, -0.2) is 13.4 Å². The van der Waals surface area contributed by atoms with E-state index >= 15 is 0 Å². The molecule has 0 bridgehead atoms. The van der Waals surface area contributed by atoms with E-state index in [1.54, 1.807) is 0 Å². The van der Waals surface area contributed by atoms with Crippen molar-refractivity contribution in [2.24, 2.45) is 0 Å². The number of aryl methyl sites for hydroxylation is 3. The highest BCUT2D eigenvalue weighted by atomic mass is 32.2. The Morgan fingerprint density at radius 3 is 2.36 bits per heavy atom. The lowest BCUT2D eigenvalue weighted by Crippen LogP contribution is -2.33. The van der Waals surface area contributed by atoms with Crippen LogP contribution >= 0.6 is 0 Å². The molecule has 1 aliphatic rings. The van der Waals surface area contributed by atoms with Crippen LogP contribution in [0.4, 0.5) is 17.5 Å². The van der Waals surface area contributed by atoms with Gasteiger partial charge in [-0.15, -0.1) is 0 Å². The second kappa shape index (κ2) is 6.63. The van der Waals surface area contributed by atoms with Crippen LogP contribution in [0.5, 0.6) is 0 Å². The van der Waals surface area contributed by atoms with Crippen molar-refractivity contribution < 1.29 is 8.42 Å². The summed E-state index contributed by atoms with van der Waals surface area (Å²) >= 11 is 0. The second-order valence-corrected chi connectivity index (χ2v) is 9.09. The highest BCUT2D eigenvalue weighted by Crippen LogP contribution is 2.24. The van der Waals surface area contributed by atoms with Crippen molar-refractivity contribution in [2.75, 3.05) is 28.8 Å². The third-order valence-electron chi connectivity index (χ3n) is 4.44. The van der Waals surface area contributed by atoms with Crippen molar-refractivity contribution in [3.8, 4) is 0 Å². The fourth-order valence-corrected chi connectivity index (χ4v) is 5.01. The fraction of sp³-hybridized carbons (Fsp3) is 0.444. The van der Waals surface area contributed by atoms with E-state index in [0.717, 1.165) is 17.2 Å². The second-order valence-electron chi connectivity index (χ2n) is 6.86. The van der Waals surface area contributed by atoms with Gasteiger partial charge in [0, 0.05) is 30.5 Å². The molecule has 134 valence electrons. The zero-order valence-electron chi connectivity index (χ0n) is 15.1. The first-order valence-corrected chi connectivity index (χ1v) is 10.2. The summed E-state index contributed by atoms with van der Waals surface area (Å²) in [6, 6.07) is 8.06. The number of anilines is 3. The van der Waals surface area contributed by atoms with Gasteiger partial charge in [-0.3, -0.25) is 0 Å². The summed E-state index contributed by atoms with van der Waals surface area (Å²) in [7, 11) is -1.03. The number of benzene rings is 1. The maximum absolute atomic E-state index is 11.7. The molecule has 6 nitrogen and oxygen atoms in total. The third kappa shape index (κ3) is 4.28. The van der Waals surface area contributed by atoms with Gasteiger partial charge in [0.25, 0.3) is 0 Å². The van der Waals surface area contributed by atoms with Gasteiger partial charge in [-0.2, -0.15) is 4.98 Å². The SMILES string of the molecule is Cc1cc(C)cc(Nc2nc(C)cc(N(C)C3CCS(=O)(=O)C3)n2)c1. The van der Waals surface area contributed by atoms with Crippen molar-refractivity contribution in [2.45, 2.75) is 33.2 Å². The van der Waals surface area contributed by atoms with E-state index in [1.165, 1.54) is 11.1 Å². The predicted octanol–water partition coefficient (Wildman–Crippen LogP) is 2.77. The van der Waals surface area contributed by atoms with Crippen LogP contribution in [-0.2, 0) is 9.84 Å². The zero-order chi connectivity index (χ0) is 18.2. The Labute approximate surface area is 149 Å². The number of aromatic nitrogens is 2. The van der Waals surface area contributed by atoms with Gasteiger partial charge in [0.05, 0.1) is 11.5 Å². The summed E-state index contributed by atoms with van der Waals surface area (Å²) in [6.07, 6.45) is 0.641. The molecule has 1 aromatic carbocycles. The Balaban J connectivity index is 1.85. The summed E-state index contributed by atoms with van der Waals surface area (Å²) in [4.78, 5) is 11.0. The highest BCUT2D eigenvalue weighted by molar-refractivity contribution is 7.91. The van der Waals surface area contributed by atoms with Crippen LogP contribution in [0.15, 0.2) is 24.3 Å². The maximum Gasteiger partial charge on any atom is 0.229 e. The summed E-state index contributed by atoms with van der Waals surface area (Å²) in [6.45, 7) is 6.02. The summed E-state index contributed by atoms with van der Waals surface area (Å²) < 4.78 is 23.5. The Bertz CT molecular complexity index is 876. The van der Waals surface area contributed by atoms with Crippen molar-refractivity contribution in [1.29, 1.82) is 0 Å². The normalized spacial score (nSPS) is 19.0. The number of hydrogen-bond donors (Lipinski definition) is 1. The molecule has 1 saturated heterocycles. The van der Waals surface area contributed by atoms with E-state index in [0.29, 0.717) is 12.4 Å². The van der Waals surface area contributed by atoms with Gasteiger partial charge in [-0.1, -0.05) is 6.07 Å². The summed E-state index contributed by atoms with van der Waals surface area (Å²) in [5.74, 6) is 1.70. The standard InChI is InChI=1S/C18H24N4O2S/c1-12-7-13(2)9-15(8-12)20-18-19-14(3)10-17(21-18)22(4)16-5-6-25(23,24)11-16/h7-10,16H,5-6,11H2,1-4H3,(H,19,20,21). The third-order valence-corrected chi connectivity index (χ3v) is 6.19. The van der Waals surface area contributed by atoms with Crippen LogP contribution in [0.3, 0.4) is 0 Å². The maximum atomic E-state index is 11.7. The van der Waals surface area contributed by atoms with Crippen LogP contribution < -0.4 is 10.2 Å². The molecule has 7 heteroatoms. The number of sulfone groups is 1. The number of hydrogen-bond acceptors (Lipinski definition) is 6. The van der Waals surface area contributed by atoms with Gasteiger partial charge >= 0.3 is 0 Å². The fourth-order valence-electron chi connectivity index (χ4n) is 3.23. The van der Waals surface area contributed by atoms with Crippen molar-refractivity contribution in [3.05, 3.63) is 41.1 Å². The predicted molar refractivity (Wildman–Crippen MR) is 101 cm³/mol. The molecule has 3 rings (SSSR count). The van der Waals surface area contributed by atoms with Crippen LogP contribution in [-0.4, -0.2) is 43.0 Å². The lowest BCUT2D eigenvalue weighted by atomic mass is 10.1. The summed E-state index contributed by atoms with van der Waals surface area (Å²) in [5.41, 5.74) is 4.12. The van der Waals surface area contributed by atoms with Gasteiger partial charge in [-0.05, 0) is 50.5 Å². The Kier molecular flexibility index (Phi) is 4.69. The van der Waals surface area contributed by atoms with Crippen LogP contribution in [0.25, 0.3) is 0 Å². The van der Waals surface area contributed by atoms with E-state index in [1.807, 2.05) is 37.1 Å². The molecular weight excluding hydrogens is 336 g/mol. The van der Waals surface area contributed by atoms with Crippen molar-refractivity contribution >= 4 is 27.3 Å². The van der Waals surface area contributed by atoms with E-state index in [4.69, 9.17) is 0 Å². The van der Waals surface area contributed by atoms with E-state index in [2.05, 4.69) is 35.2 Å². The van der Waals surface area contributed by atoms with Crippen molar-refractivity contribution in [3.63, 3.8) is 0 Å². The molecule has 0 aliphatic carbocycles. The first-order valence-electron chi connectivity index (χ1n) is 8.36. The quantitative estimate of drug-likeness (QED) is 0.904. The van der Waals surface area contributed by atoms with Gasteiger partial charge in [0.15, 0.2) is 9.84 Å². The van der Waals surface area contributed by atoms with Crippen LogP contribution in [0.1, 0.15) is 23.2 Å². The number of nitrogens with zero attached hydrogens (tertiary/aromatic N) is 3. The Morgan fingerprint density at radius 2 is 1.76 bits per heavy atom. The zero-order valence-corrected chi connectivity index (χ0v) is 15.9. The molecule has 1 aliphatic heterocycles. The molecule has 2 heterocycles. The average molecular weight is 360 g/mol. The minimum absolute atomic E-state index is 0.0339. The molecule has 2 aromatic rings. The molecule has 1 fully saturated rings. The number of rotatable bonds is 4. The van der Waals surface area contributed by atoms with Crippen LogP contribution in [0, 0.1) is 20.8 Å². The highest BCUT2D eigenvalue weighted by Gasteiger charge is 2.31. The minimum Gasteiger partial charge on any atom is -0.355 e. The summed E-state index contributed by atoms with van der Waals surface area (Å²) in [5, 5.41) is 3.26. The first-order chi connectivity index (χ1) is 11.7. The molecular formula is C18H24N4O2S. The Hall–Kier alpha value is -2.15. The molecule has 25 heavy (non-hydrogen) atoms. The topological polar surface area (TPSA) is 75.2 Å². The smallest absolute Gasteiger partial charge is 0.229 e. The lowest BCUT2D eigenvalue weighted by Gasteiger charge is -2.25. The lowest BCUT2D eigenvalue weighted by molar-refractivity contribution is 0.600. The molecule has 1 atom stereocenters. The largest absolute Gasteiger partial charge is 0.355 e. The number of nitrogens with one attached hydrogen (secondary N) is 1. The molecule has 0 spiro atoms. The Morgan fingerprint density at radius 1 is 1.08 bits per heavy atom.